The second-order valence-corrected chi connectivity index (χ2v) is 3.73. The van der Waals surface area contributed by atoms with Gasteiger partial charge in [0.2, 0.25) is 0 Å². The Morgan fingerprint density at radius 2 is 2.36 bits per heavy atom. The fourth-order valence-corrected chi connectivity index (χ4v) is 1.55. The van der Waals surface area contributed by atoms with Crippen molar-refractivity contribution in [3.63, 3.8) is 0 Å². The lowest BCUT2D eigenvalue weighted by Crippen LogP contribution is -1.91. The van der Waals surface area contributed by atoms with Crippen molar-refractivity contribution in [1.82, 2.24) is 4.57 Å². The van der Waals surface area contributed by atoms with Gasteiger partial charge in [0.1, 0.15) is 0 Å². The zero-order chi connectivity index (χ0) is 10.7. The van der Waals surface area contributed by atoms with Gasteiger partial charge in [0.05, 0.1) is 0 Å². The molecule has 1 heterocycles. The van der Waals surface area contributed by atoms with Gasteiger partial charge in [0.15, 0.2) is 0 Å². The van der Waals surface area contributed by atoms with Gasteiger partial charge in [0, 0.05) is 42.2 Å². The Morgan fingerprint density at radius 3 is 2.86 bits per heavy atom. The van der Waals surface area contributed by atoms with Crippen LogP contribution >= 0.6 is 12.6 Å². The summed E-state index contributed by atoms with van der Waals surface area (Å²) in [6, 6.07) is 0. The monoisotopic (exact) mass is 208 g/mol. The molecule has 0 aliphatic heterocycles. The van der Waals surface area contributed by atoms with Gasteiger partial charge in [-0.1, -0.05) is 6.58 Å². The number of hydrogen-bond donors (Lipinski definition) is 1. The number of thiol groups is 1. The van der Waals surface area contributed by atoms with Gasteiger partial charge in [-0.25, -0.2) is 0 Å². The lowest BCUT2D eigenvalue weighted by Gasteiger charge is -1.97. The fraction of sp³-hybridized carbons (Fsp3) is 0.364. The Hall–Kier alpha value is -0.960. The van der Waals surface area contributed by atoms with Crippen LogP contribution in [0.4, 0.5) is 0 Å². The van der Waals surface area contributed by atoms with Gasteiger partial charge in [0.25, 0.3) is 0 Å². The molecule has 14 heavy (non-hydrogen) atoms. The standard InChI is InChI=1S/C11H16N2S/c1-8(2)12-5-11-9(3)13(4)6-10(11)7-14/h5-6,14H,1,7H2,2-4H3/b12-5-. The molecular formula is C11H16N2S. The van der Waals surface area contributed by atoms with E-state index in [9.17, 15) is 0 Å². The van der Waals surface area contributed by atoms with Crippen LogP contribution in [0.25, 0.3) is 0 Å². The number of aryl methyl sites for hydroxylation is 1. The van der Waals surface area contributed by atoms with Crippen LogP contribution in [-0.2, 0) is 12.8 Å². The molecule has 0 N–H and O–H groups in total. The zero-order valence-corrected chi connectivity index (χ0v) is 9.80. The second-order valence-electron chi connectivity index (χ2n) is 3.42. The van der Waals surface area contributed by atoms with E-state index >= 15 is 0 Å². The molecule has 0 saturated carbocycles. The minimum atomic E-state index is 0.735. The minimum absolute atomic E-state index is 0.735. The molecule has 0 spiro atoms. The third-order valence-electron chi connectivity index (χ3n) is 2.20. The summed E-state index contributed by atoms with van der Waals surface area (Å²) in [5.74, 6) is 0.735. The van der Waals surface area contributed by atoms with Crippen LogP contribution in [-0.4, -0.2) is 10.8 Å². The molecule has 76 valence electrons. The van der Waals surface area contributed by atoms with Crippen molar-refractivity contribution in [3.05, 3.63) is 35.3 Å². The van der Waals surface area contributed by atoms with Crippen LogP contribution in [0.15, 0.2) is 23.5 Å². The maximum atomic E-state index is 4.29. The van der Waals surface area contributed by atoms with Gasteiger partial charge in [-0.15, -0.1) is 0 Å². The maximum Gasteiger partial charge on any atom is 0.0364 e. The van der Waals surface area contributed by atoms with Crippen molar-refractivity contribution in [2.24, 2.45) is 12.0 Å². The van der Waals surface area contributed by atoms with E-state index in [0.29, 0.717) is 0 Å². The van der Waals surface area contributed by atoms with Gasteiger partial charge in [-0.05, 0) is 19.4 Å². The van der Waals surface area contributed by atoms with Crippen molar-refractivity contribution in [2.45, 2.75) is 19.6 Å². The molecule has 0 aromatic carbocycles. The van der Waals surface area contributed by atoms with Crippen molar-refractivity contribution < 1.29 is 0 Å². The Morgan fingerprint density at radius 1 is 1.71 bits per heavy atom. The summed E-state index contributed by atoms with van der Waals surface area (Å²) in [6.45, 7) is 7.70. The number of aromatic nitrogens is 1. The number of nitrogens with zero attached hydrogens (tertiary/aromatic N) is 2. The summed E-state index contributed by atoms with van der Waals surface area (Å²) in [6.07, 6.45) is 3.95. The second kappa shape index (κ2) is 4.51. The van der Waals surface area contributed by atoms with Crippen LogP contribution in [0, 0.1) is 6.92 Å². The predicted octanol–water partition coefficient (Wildman–Crippen LogP) is 2.72. The van der Waals surface area contributed by atoms with Crippen LogP contribution in [0.2, 0.25) is 0 Å². The molecule has 2 nitrogen and oxygen atoms in total. The predicted molar refractivity (Wildman–Crippen MR) is 65.2 cm³/mol. The molecule has 0 radical (unpaired) electrons. The van der Waals surface area contributed by atoms with Crippen LogP contribution < -0.4 is 0 Å². The van der Waals surface area contributed by atoms with E-state index in [1.54, 1.807) is 0 Å². The molecule has 1 aromatic heterocycles. The summed E-state index contributed by atoms with van der Waals surface area (Å²) in [5.41, 5.74) is 4.39. The van der Waals surface area contributed by atoms with Crippen molar-refractivity contribution >= 4 is 18.8 Å². The summed E-state index contributed by atoms with van der Waals surface area (Å²) >= 11 is 4.29. The van der Waals surface area contributed by atoms with Crippen LogP contribution in [0.3, 0.4) is 0 Å². The first kappa shape index (κ1) is 11.1. The van der Waals surface area contributed by atoms with Crippen LogP contribution in [0.1, 0.15) is 23.7 Å². The molecule has 0 fully saturated rings. The highest BCUT2D eigenvalue weighted by Crippen LogP contribution is 2.16. The summed E-state index contributed by atoms with van der Waals surface area (Å²) in [5, 5.41) is 0. The molecule has 0 atom stereocenters. The Kier molecular flexibility index (Phi) is 3.58. The molecule has 1 aromatic rings. The van der Waals surface area contributed by atoms with Gasteiger partial charge in [-0.2, -0.15) is 12.6 Å². The molecule has 0 unspecified atom stereocenters. The minimum Gasteiger partial charge on any atom is -0.354 e. The lowest BCUT2D eigenvalue weighted by atomic mass is 10.2. The summed E-state index contributed by atoms with van der Waals surface area (Å²) < 4.78 is 2.09. The van der Waals surface area contributed by atoms with E-state index in [-0.39, 0.29) is 0 Å². The van der Waals surface area contributed by atoms with Gasteiger partial charge in [-0.3, -0.25) is 4.99 Å². The normalized spacial score (nSPS) is 11.1. The van der Waals surface area contributed by atoms with E-state index < -0.39 is 0 Å². The third-order valence-corrected chi connectivity index (χ3v) is 2.54. The molecule has 0 aliphatic rings. The van der Waals surface area contributed by atoms with E-state index in [0.717, 1.165) is 17.0 Å². The van der Waals surface area contributed by atoms with Crippen LogP contribution in [0.5, 0.6) is 0 Å². The lowest BCUT2D eigenvalue weighted by molar-refractivity contribution is 0.879. The average molecular weight is 208 g/mol. The van der Waals surface area contributed by atoms with Crippen molar-refractivity contribution in [1.29, 1.82) is 0 Å². The molecule has 0 aliphatic carbocycles. The first-order chi connectivity index (χ1) is 6.56. The quantitative estimate of drug-likeness (QED) is 0.581. The average Bonchev–Trinajstić information content (AvgIpc) is 2.40. The largest absolute Gasteiger partial charge is 0.354 e. The summed E-state index contributed by atoms with van der Waals surface area (Å²) in [4.78, 5) is 4.21. The first-order valence-corrected chi connectivity index (χ1v) is 5.14. The zero-order valence-electron chi connectivity index (χ0n) is 8.91. The number of aliphatic imine (C=N–C) groups is 1. The highest BCUT2D eigenvalue weighted by Gasteiger charge is 2.06. The first-order valence-electron chi connectivity index (χ1n) is 4.51. The number of allylic oxidation sites excluding steroid dienone is 1. The van der Waals surface area contributed by atoms with E-state index in [4.69, 9.17) is 0 Å². The Bertz CT molecular complexity index is 375. The molecular weight excluding hydrogens is 192 g/mol. The van der Waals surface area contributed by atoms with E-state index in [2.05, 4.69) is 41.9 Å². The van der Waals surface area contributed by atoms with Gasteiger partial charge >= 0.3 is 0 Å². The highest BCUT2D eigenvalue weighted by atomic mass is 32.1. The Labute approximate surface area is 90.8 Å². The molecule has 0 bridgehead atoms. The fourth-order valence-electron chi connectivity index (χ4n) is 1.30. The van der Waals surface area contributed by atoms with Gasteiger partial charge < -0.3 is 4.57 Å². The Balaban J connectivity index is 3.11. The molecule has 1 rings (SSSR count). The summed E-state index contributed by atoms with van der Waals surface area (Å²) in [7, 11) is 2.03. The molecule has 0 amide bonds. The number of hydrogen-bond acceptors (Lipinski definition) is 2. The van der Waals surface area contributed by atoms with E-state index in [1.165, 1.54) is 11.3 Å². The smallest absolute Gasteiger partial charge is 0.0364 e. The SMILES string of the molecule is C=C(C)/N=C\c1c(CS)cn(C)c1C. The third kappa shape index (κ3) is 2.29. The molecule has 0 saturated heterocycles. The van der Waals surface area contributed by atoms with Crippen molar-refractivity contribution in [2.75, 3.05) is 0 Å². The topological polar surface area (TPSA) is 17.3 Å². The van der Waals surface area contributed by atoms with E-state index in [1.807, 2.05) is 20.2 Å². The van der Waals surface area contributed by atoms with Crippen molar-refractivity contribution in [3.8, 4) is 0 Å². The molecule has 3 heteroatoms. The number of rotatable bonds is 3. The highest BCUT2D eigenvalue weighted by molar-refractivity contribution is 7.79. The maximum absolute atomic E-state index is 4.29.